The Morgan fingerprint density at radius 3 is 2.28 bits per heavy atom. The Morgan fingerprint density at radius 2 is 1.67 bits per heavy atom. The second-order valence-corrected chi connectivity index (χ2v) is 17.5. The summed E-state index contributed by atoms with van der Waals surface area (Å²) in [7, 11) is -2.45. The van der Waals surface area contributed by atoms with Gasteiger partial charge in [-0.05, 0) is 71.1 Å². The van der Waals surface area contributed by atoms with Crippen LogP contribution in [-0.2, 0) is 9.53 Å². The van der Waals surface area contributed by atoms with E-state index < -0.39 is 16.1 Å². The molecule has 2 saturated heterocycles. The van der Waals surface area contributed by atoms with E-state index in [1.807, 2.05) is 0 Å². The van der Waals surface area contributed by atoms with Crippen molar-refractivity contribution in [2.24, 2.45) is 5.92 Å². The molecule has 2 aliphatic heterocycles. The number of hydrogen-bond acceptors (Lipinski definition) is 9. The summed E-state index contributed by atoms with van der Waals surface area (Å²) in [6.45, 7) is 11.2. The molecule has 0 bridgehead atoms. The van der Waals surface area contributed by atoms with E-state index in [0.29, 0.717) is 24.6 Å². The van der Waals surface area contributed by atoms with E-state index in [2.05, 4.69) is 73.1 Å². The number of thiazole rings is 1. The summed E-state index contributed by atoms with van der Waals surface area (Å²) >= 11 is 1.70. The third-order valence-corrected chi connectivity index (χ3v) is 12.1. The molecule has 4 aliphatic rings. The van der Waals surface area contributed by atoms with Gasteiger partial charge in [-0.15, -0.1) is 0 Å². The smallest absolute Gasteiger partial charge is 0.225 e. The molecule has 1 aromatic heterocycles. The van der Waals surface area contributed by atoms with Crippen LogP contribution in [0.15, 0.2) is 24.3 Å². The first kappa shape index (κ1) is 30.7. The molecule has 6 rings (SSSR count). The molecule has 1 aromatic carbocycles. The number of anilines is 2. The summed E-state index contributed by atoms with van der Waals surface area (Å²) in [5, 5.41) is 13.7. The molecule has 3 N–H and O–H groups in total. The molecule has 3 heterocycles. The van der Waals surface area contributed by atoms with E-state index >= 15 is 0 Å². The van der Waals surface area contributed by atoms with Gasteiger partial charge in [0.05, 0.1) is 39.3 Å². The van der Waals surface area contributed by atoms with Crippen molar-refractivity contribution in [1.29, 1.82) is 5.26 Å². The topological polar surface area (TPSA) is 122 Å². The van der Waals surface area contributed by atoms with Crippen molar-refractivity contribution in [3.05, 3.63) is 30.0 Å². The fourth-order valence-corrected chi connectivity index (χ4v) is 9.51. The highest BCUT2D eigenvalue weighted by atomic mass is 32.3. The number of morpholine rings is 1. The van der Waals surface area contributed by atoms with Crippen LogP contribution in [0.3, 0.4) is 0 Å². The van der Waals surface area contributed by atoms with Gasteiger partial charge in [-0.1, -0.05) is 36.3 Å². The second kappa shape index (κ2) is 11.2. The van der Waals surface area contributed by atoms with Crippen molar-refractivity contribution in [1.82, 2.24) is 10.3 Å². The second-order valence-electron chi connectivity index (χ2n) is 14.1. The van der Waals surface area contributed by atoms with Gasteiger partial charge in [0, 0.05) is 43.7 Å². The predicted octanol–water partition coefficient (Wildman–Crippen LogP) is 6.22. The van der Waals surface area contributed by atoms with Gasteiger partial charge in [0.25, 0.3) is 0 Å². The number of amides is 1. The largest absolute Gasteiger partial charge is 0.368 e. The molecule has 2 aromatic rings. The molecule has 2 aliphatic carbocycles. The molecule has 2 atom stereocenters. The standard InChI is InChI=1S/C32H45N5O4S2/c1-30(2)20-37(21-31(3,4)41-30)29-34-26(24-7-5-6-8-25(24)28(38)35-32(19-33)13-14-32)27(42-29)22-9-11-23(12-10-22)36-15-17-43(39,40)18-16-36/h9-12,24-25,39-40H,5-8,13-18,20-21H2,1-4H3,(H,35,38)/t24-,25-/m1/s1. The van der Waals surface area contributed by atoms with E-state index in [-0.39, 0.29) is 28.9 Å². The maximum absolute atomic E-state index is 13.6. The number of carbonyl (C=O) groups excluding carboxylic acids is 1. The van der Waals surface area contributed by atoms with E-state index in [4.69, 9.17) is 9.72 Å². The lowest BCUT2D eigenvalue weighted by molar-refractivity contribution is -0.133. The van der Waals surface area contributed by atoms with E-state index in [1.165, 1.54) is 0 Å². The van der Waals surface area contributed by atoms with E-state index in [9.17, 15) is 19.2 Å². The summed E-state index contributed by atoms with van der Waals surface area (Å²) < 4.78 is 26.5. The number of nitriles is 1. The number of rotatable bonds is 6. The van der Waals surface area contributed by atoms with Crippen molar-refractivity contribution >= 4 is 38.7 Å². The van der Waals surface area contributed by atoms with Gasteiger partial charge in [0.1, 0.15) is 5.54 Å². The molecule has 9 nitrogen and oxygen atoms in total. The lowest BCUT2D eigenvalue weighted by Gasteiger charge is -2.47. The van der Waals surface area contributed by atoms with E-state index in [0.717, 1.165) is 78.6 Å². The van der Waals surface area contributed by atoms with Crippen molar-refractivity contribution < 1.29 is 18.6 Å². The molecule has 0 radical (unpaired) electrons. The maximum Gasteiger partial charge on any atom is 0.225 e. The zero-order valence-electron chi connectivity index (χ0n) is 25.8. The van der Waals surface area contributed by atoms with Crippen LogP contribution in [0.1, 0.15) is 77.8 Å². The SMILES string of the molecule is CC1(C)CN(c2nc([C@@H]3CCCC[C@H]3C(=O)NC3(C#N)CC3)c(-c3ccc(N4CCS(O)(O)CC4)cc3)s2)CC(C)(C)O1. The summed E-state index contributed by atoms with van der Waals surface area (Å²) in [6.07, 6.45) is 5.20. The predicted molar refractivity (Wildman–Crippen MR) is 174 cm³/mol. The monoisotopic (exact) mass is 627 g/mol. The molecule has 11 heteroatoms. The highest BCUT2D eigenvalue weighted by molar-refractivity contribution is 8.24. The van der Waals surface area contributed by atoms with Crippen molar-refractivity contribution in [3.8, 4) is 16.5 Å². The van der Waals surface area contributed by atoms with Gasteiger partial charge in [0.2, 0.25) is 5.91 Å². The van der Waals surface area contributed by atoms with Crippen LogP contribution >= 0.6 is 21.9 Å². The molecule has 0 spiro atoms. The Hall–Kier alpha value is -2.36. The highest BCUT2D eigenvalue weighted by Gasteiger charge is 2.47. The zero-order chi connectivity index (χ0) is 30.6. The minimum absolute atomic E-state index is 0.00990. The third-order valence-electron chi connectivity index (χ3n) is 9.26. The number of carbonyl (C=O) groups is 1. The molecule has 2 saturated carbocycles. The summed E-state index contributed by atoms with van der Waals surface area (Å²) in [4.78, 5) is 24.6. The average molecular weight is 628 g/mol. The third kappa shape index (κ3) is 6.69. The number of hydrogen-bond donors (Lipinski definition) is 3. The summed E-state index contributed by atoms with van der Waals surface area (Å²) in [5.74, 6) is 0.572. The van der Waals surface area contributed by atoms with Crippen LogP contribution < -0.4 is 15.1 Å². The highest BCUT2D eigenvalue weighted by Crippen LogP contribution is 2.48. The molecule has 234 valence electrons. The quantitative estimate of drug-likeness (QED) is 0.345. The summed E-state index contributed by atoms with van der Waals surface area (Å²) in [5.41, 5.74) is 1.81. The van der Waals surface area contributed by atoms with Gasteiger partial charge in [0.15, 0.2) is 5.13 Å². The van der Waals surface area contributed by atoms with Crippen LogP contribution in [-0.4, -0.2) is 74.4 Å². The minimum Gasteiger partial charge on any atom is -0.368 e. The van der Waals surface area contributed by atoms with Gasteiger partial charge in [-0.25, -0.2) is 4.98 Å². The fraction of sp³-hybridized carbons (Fsp3) is 0.656. The zero-order valence-corrected chi connectivity index (χ0v) is 27.4. The van der Waals surface area contributed by atoms with Gasteiger partial charge >= 0.3 is 0 Å². The van der Waals surface area contributed by atoms with Crippen molar-refractivity contribution in [2.75, 3.05) is 47.5 Å². The molecule has 0 unspecified atom stereocenters. The lowest BCUT2D eigenvalue weighted by Crippen LogP contribution is -2.57. The van der Waals surface area contributed by atoms with E-state index in [1.54, 1.807) is 11.3 Å². The lowest BCUT2D eigenvalue weighted by atomic mass is 9.76. The maximum atomic E-state index is 13.6. The Balaban J connectivity index is 1.34. The Morgan fingerprint density at radius 1 is 1.05 bits per heavy atom. The molecular formula is C32H45N5O4S2. The molecule has 43 heavy (non-hydrogen) atoms. The van der Waals surface area contributed by atoms with Crippen LogP contribution in [0.2, 0.25) is 0 Å². The number of nitrogens with one attached hydrogen (secondary N) is 1. The summed E-state index contributed by atoms with van der Waals surface area (Å²) in [6, 6.07) is 10.8. The van der Waals surface area contributed by atoms with Gasteiger partial charge in [-0.2, -0.15) is 15.9 Å². The van der Waals surface area contributed by atoms with Crippen LogP contribution in [0.25, 0.3) is 10.4 Å². The number of nitrogens with zero attached hydrogens (tertiary/aromatic N) is 4. The van der Waals surface area contributed by atoms with Gasteiger partial charge < -0.3 is 19.9 Å². The van der Waals surface area contributed by atoms with Crippen molar-refractivity contribution in [3.63, 3.8) is 0 Å². The number of aromatic nitrogens is 1. The molecule has 4 fully saturated rings. The van der Waals surface area contributed by atoms with Gasteiger partial charge in [-0.3, -0.25) is 13.9 Å². The first-order chi connectivity index (χ1) is 20.3. The first-order valence-corrected chi connectivity index (χ1v) is 18.3. The number of benzene rings is 1. The van der Waals surface area contributed by atoms with Crippen LogP contribution in [0.5, 0.6) is 0 Å². The molecular weight excluding hydrogens is 583 g/mol. The Kier molecular flexibility index (Phi) is 8.00. The fourth-order valence-electron chi connectivity index (χ4n) is 7.14. The van der Waals surface area contributed by atoms with Crippen LogP contribution in [0, 0.1) is 17.2 Å². The normalized spacial score (nSPS) is 28.0. The number of ether oxygens (including phenoxy) is 1. The molecule has 1 amide bonds. The Labute approximate surface area is 261 Å². The van der Waals surface area contributed by atoms with Crippen molar-refractivity contribution in [2.45, 2.75) is 88.9 Å². The Bertz CT molecular complexity index is 1370. The van der Waals surface area contributed by atoms with Crippen LogP contribution in [0.4, 0.5) is 10.8 Å². The first-order valence-electron chi connectivity index (χ1n) is 15.6. The minimum atomic E-state index is -2.45. The average Bonchev–Trinajstić information content (AvgIpc) is 3.57.